The average molecular weight is 1340 g/mol. The second kappa shape index (κ2) is 27.7. The highest BCUT2D eigenvalue weighted by Gasteiger charge is 2.70. The van der Waals surface area contributed by atoms with Crippen molar-refractivity contribution in [3.8, 4) is 12.3 Å². The Morgan fingerprint density at radius 3 is 1.23 bits per heavy atom. The fourth-order valence-corrected chi connectivity index (χ4v) is 28.5. The van der Waals surface area contributed by atoms with Gasteiger partial charge in [0.2, 0.25) is 17.7 Å². The number of rotatable bonds is 19. The molecule has 536 valence electrons. The number of nitrogens with two attached hydrogens (primary N) is 1. The van der Waals surface area contributed by atoms with E-state index in [1.54, 1.807) is 0 Å². The van der Waals surface area contributed by atoms with Gasteiger partial charge in [0.25, 0.3) is 0 Å². The Bertz CT molecular complexity index is 2820. The van der Waals surface area contributed by atoms with Crippen LogP contribution in [0.15, 0.2) is 0 Å². The Morgan fingerprint density at radius 1 is 0.505 bits per heavy atom. The number of thioether (sulfide) groups is 1. The fraction of sp³-hybridized carbons (Fsp3) is 0.924. The van der Waals surface area contributed by atoms with Crippen LogP contribution in [0.3, 0.4) is 0 Å². The van der Waals surface area contributed by atoms with Crippen LogP contribution in [0.4, 0.5) is 0 Å². The molecule has 34 atom stereocenters. The first-order valence-electron chi connectivity index (χ1n) is 38.8. The van der Waals surface area contributed by atoms with Crippen molar-refractivity contribution in [3.05, 3.63) is 0 Å². The molecule has 12 aliphatic carbocycles. The lowest BCUT2D eigenvalue weighted by atomic mass is 9.43. The molecule has 11 N–H and O–H groups in total. The fourth-order valence-electron chi connectivity index (χ4n) is 27.9. The summed E-state index contributed by atoms with van der Waals surface area (Å²) in [5.41, 5.74) is 5.48. The standard InChI is InChI=1S/C79H128N4O11S/c1-12-31-95-41-60(73(93)94-11)83-69(92)24-15-44(4)53-18-21-56-72-59(40-66(89)79(53,56)10)76(7)30-27-50(34-47(76)37-63(72)86)82-68(91)23-14-43(3)52-17-20-55-71-58(39-65(88)78(52,55)9)75(6)29-26-49(33-46(75)36-62(71)85)81-67(90)22-13-42(2)51-16-19-54-70-57(38-64(87)77(51,54)8)74(5)28-25-48(80)32-45(74)35-61(70)84/h1,42-66,70-72,84-89H,13-41,80H2,2-11H3,(H,81,90)(H,82,91)(H,83,92)/t42-,43-,44-,45+,46+,47+,48-,49-,50-,51-,52-,53-,54+,55+,56+,57+,58+,59+,60+,61-,62-,63-,64+,65+,66+,70+,71+,72+,74+,75+,76+,77-,78-,79-/m1/s1. The van der Waals surface area contributed by atoms with Crippen LogP contribution in [0.1, 0.15) is 236 Å². The number of aliphatic hydroxyl groups excluding tert-OH is 6. The van der Waals surface area contributed by atoms with E-state index < -0.39 is 42.5 Å². The number of carbonyl (C=O) groups excluding carboxylic acids is 4. The summed E-state index contributed by atoms with van der Waals surface area (Å²) in [5, 5.41) is 83.4. The van der Waals surface area contributed by atoms with Crippen molar-refractivity contribution in [2.75, 3.05) is 18.6 Å². The number of hydrogen-bond acceptors (Lipinski definition) is 13. The van der Waals surface area contributed by atoms with E-state index in [0.29, 0.717) is 67.8 Å². The van der Waals surface area contributed by atoms with Crippen molar-refractivity contribution >= 4 is 35.5 Å². The number of hydrogen-bond donors (Lipinski definition) is 10. The van der Waals surface area contributed by atoms with Gasteiger partial charge in [0.05, 0.1) is 49.5 Å². The molecule has 0 aromatic heterocycles. The molecular formula is C79H128N4O11S. The van der Waals surface area contributed by atoms with Crippen LogP contribution in [0.25, 0.3) is 0 Å². The number of fused-ring (bicyclic) bond motifs is 15. The Labute approximate surface area is 575 Å². The summed E-state index contributed by atoms with van der Waals surface area (Å²) in [6.45, 7) is 20.9. The molecule has 0 aromatic carbocycles. The number of methoxy groups -OCH3 is 1. The van der Waals surface area contributed by atoms with Crippen molar-refractivity contribution in [1.82, 2.24) is 16.0 Å². The molecule has 0 spiro atoms. The Morgan fingerprint density at radius 2 is 0.863 bits per heavy atom. The summed E-state index contributed by atoms with van der Waals surface area (Å²) < 4.78 is 4.95. The summed E-state index contributed by atoms with van der Waals surface area (Å²) in [6, 6.07) is -0.462. The third-order valence-electron chi connectivity index (χ3n) is 33.2. The topological polar surface area (TPSA) is 261 Å². The lowest BCUT2D eigenvalue weighted by Gasteiger charge is -2.64. The van der Waals surface area contributed by atoms with Gasteiger partial charge in [-0.15, -0.1) is 18.2 Å². The Hall–Kier alpha value is -2.49. The molecule has 0 aliphatic heterocycles. The molecule has 0 bridgehead atoms. The molecule has 12 fully saturated rings. The zero-order chi connectivity index (χ0) is 68.2. The van der Waals surface area contributed by atoms with E-state index >= 15 is 0 Å². The molecule has 15 nitrogen and oxygen atoms in total. The van der Waals surface area contributed by atoms with Crippen molar-refractivity contribution in [2.24, 2.45) is 145 Å². The van der Waals surface area contributed by atoms with Gasteiger partial charge in [-0.05, 0) is 293 Å². The van der Waals surface area contributed by atoms with E-state index in [1.807, 2.05) is 0 Å². The van der Waals surface area contributed by atoms with Crippen molar-refractivity contribution in [1.29, 1.82) is 0 Å². The minimum Gasteiger partial charge on any atom is -0.467 e. The first-order valence-corrected chi connectivity index (χ1v) is 39.9. The summed E-state index contributed by atoms with van der Waals surface area (Å²) in [6.07, 6.45) is 24.7. The molecule has 0 aromatic rings. The molecule has 12 saturated carbocycles. The maximum Gasteiger partial charge on any atom is 0.329 e. The van der Waals surface area contributed by atoms with Gasteiger partial charge in [-0.3, -0.25) is 14.4 Å². The van der Waals surface area contributed by atoms with Gasteiger partial charge in [-0.1, -0.05) is 68.2 Å². The summed E-state index contributed by atoms with van der Waals surface area (Å²) in [7, 11) is 1.32. The number of amides is 3. The summed E-state index contributed by atoms with van der Waals surface area (Å²) in [5.74, 6) is 6.89. The Kier molecular flexibility index (Phi) is 21.1. The van der Waals surface area contributed by atoms with E-state index in [0.717, 1.165) is 128 Å². The van der Waals surface area contributed by atoms with Gasteiger partial charge < -0.3 is 57.1 Å². The molecule has 3 amide bonds. The Balaban J connectivity index is 0.593. The molecule has 0 saturated heterocycles. The molecule has 12 rings (SSSR count). The number of carbonyl (C=O) groups is 4. The zero-order valence-corrected chi connectivity index (χ0v) is 60.8. The largest absolute Gasteiger partial charge is 0.467 e. The predicted octanol–water partition coefficient (Wildman–Crippen LogP) is 10.4. The van der Waals surface area contributed by atoms with E-state index in [2.05, 4.69) is 84.2 Å². The minimum absolute atomic E-state index is 0.0322. The van der Waals surface area contributed by atoms with Gasteiger partial charge in [0, 0.05) is 43.1 Å². The molecule has 16 heteroatoms. The van der Waals surface area contributed by atoms with Crippen molar-refractivity contribution < 1.29 is 54.6 Å². The summed E-state index contributed by atoms with van der Waals surface area (Å²) in [4.78, 5) is 53.7. The molecule has 0 unspecified atom stereocenters. The number of nitrogens with one attached hydrogen (secondary N) is 3. The van der Waals surface area contributed by atoms with Crippen LogP contribution >= 0.6 is 11.8 Å². The van der Waals surface area contributed by atoms with Crippen LogP contribution in [-0.2, 0) is 23.9 Å². The average Bonchev–Trinajstić information content (AvgIpc) is 1.69. The number of aliphatic hydroxyl groups is 6. The zero-order valence-electron chi connectivity index (χ0n) is 60.0. The smallest absolute Gasteiger partial charge is 0.329 e. The normalized spacial score (nSPS) is 49.9. The van der Waals surface area contributed by atoms with E-state index in [9.17, 15) is 49.8 Å². The van der Waals surface area contributed by atoms with Crippen LogP contribution in [-0.4, -0.2) is 134 Å². The lowest BCUT2D eigenvalue weighted by molar-refractivity contribution is -0.202. The van der Waals surface area contributed by atoms with Crippen LogP contribution in [0.5, 0.6) is 0 Å². The molecule has 95 heavy (non-hydrogen) atoms. The second-order valence-electron chi connectivity index (χ2n) is 36.8. The molecule has 0 heterocycles. The van der Waals surface area contributed by atoms with Crippen LogP contribution in [0.2, 0.25) is 0 Å². The highest BCUT2D eigenvalue weighted by molar-refractivity contribution is 7.99. The monoisotopic (exact) mass is 1340 g/mol. The summed E-state index contributed by atoms with van der Waals surface area (Å²) >= 11 is 1.40. The van der Waals surface area contributed by atoms with E-state index in [1.165, 1.54) is 18.9 Å². The highest BCUT2D eigenvalue weighted by atomic mass is 32.2. The molecule has 0 radical (unpaired) electrons. The van der Waals surface area contributed by atoms with Gasteiger partial charge >= 0.3 is 5.97 Å². The molecule has 12 aliphatic rings. The minimum atomic E-state index is -0.765. The maximum atomic E-state index is 14.1. The first-order chi connectivity index (χ1) is 45.0. The number of ether oxygens (including phenoxy) is 1. The van der Waals surface area contributed by atoms with Crippen LogP contribution in [0, 0.1) is 151 Å². The van der Waals surface area contributed by atoms with Gasteiger partial charge in [0.1, 0.15) is 6.04 Å². The van der Waals surface area contributed by atoms with Crippen LogP contribution < -0.4 is 21.7 Å². The van der Waals surface area contributed by atoms with E-state index in [-0.39, 0.29) is 170 Å². The van der Waals surface area contributed by atoms with Crippen molar-refractivity contribution in [2.45, 2.75) is 296 Å². The predicted molar refractivity (Wildman–Crippen MR) is 371 cm³/mol. The highest BCUT2D eigenvalue weighted by Crippen LogP contribution is 2.72. The van der Waals surface area contributed by atoms with Gasteiger partial charge in [-0.25, -0.2) is 4.79 Å². The maximum absolute atomic E-state index is 14.1. The SMILES string of the molecule is C#CCSC[C@H](NC(=O)CC[C@@H](C)[C@H]1CC[C@H]2[C@@H]3[C@H](O)C[C@@H]4C[C@H](NC(=O)CC[C@@H](C)[C@H]5CC[C@H]6[C@@H]7[C@H](O)C[C@@H]8C[C@H](NC(=O)CC[C@@H](C)[C@H]9CC[C@H]%10[C@@H]%11[C@H](O)C[C@@H]%12C[C@H](N)CC[C@]%12(C)[C@H]%11C[C@H](O)[C@]9%10C)CC[C@]8(C)[C@H]7C[C@H](O)[C@]56C)CC[C@]4(C)[C@H]3C[C@H](O)[C@]12C)C(=O)OC. The lowest BCUT2D eigenvalue weighted by Crippen LogP contribution is -2.63. The van der Waals surface area contributed by atoms with Crippen molar-refractivity contribution in [3.63, 3.8) is 0 Å². The van der Waals surface area contributed by atoms with Gasteiger partial charge in [0.15, 0.2) is 0 Å². The first kappa shape index (κ1) is 72.3. The number of terminal acetylenes is 1. The number of esters is 1. The third kappa shape index (κ3) is 12.5. The third-order valence-corrected chi connectivity index (χ3v) is 34.1. The quantitative estimate of drug-likeness (QED) is 0.0328. The van der Waals surface area contributed by atoms with Gasteiger partial charge in [-0.2, -0.15) is 0 Å². The molecular weight excluding hydrogens is 1210 g/mol. The van der Waals surface area contributed by atoms with E-state index in [4.69, 9.17) is 16.9 Å². The second-order valence-corrected chi connectivity index (χ2v) is 37.8.